The zero-order valence-corrected chi connectivity index (χ0v) is 12.4. The maximum Gasteiger partial charge on any atom is 0.259 e. The molecule has 3 rings (SSSR count). The second-order valence-electron chi connectivity index (χ2n) is 5.49. The highest BCUT2D eigenvalue weighted by molar-refractivity contribution is 6.24. The van der Waals surface area contributed by atoms with Gasteiger partial charge in [0, 0.05) is 18.1 Å². The molecule has 1 aromatic carbocycles. The van der Waals surface area contributed by atoms with Crippen molar-refractivity contribution in [1.82, 2.24) is 4.98 Å². The van der Waals surface area contributed by atoms with Gasteiger partial charge in [-0.05, 0) is 30.5 Å². The van der Waals surface area contributed by atoms with Crippen molar-refractivity contribution in [1.29, 1.82) is 0 Å². The zero-order chi connectivity index (χ0) is 14.8. The van der Waals surface area contributed by atoms with Gasteiger partial charge < -0.3 is 4.90 Å². The largest absolute Gasteiger partial charge is 0.304 e. The Balaban J connectivity index is 2.09. The third-order valence-electron chi connectivity index (χ3n) is 4.08. The number of benzene rings is 1. The van der Waals surface area contributed by atoms with Crippen LogP contribution in [0.4, 0.5) is 5.69 Å². The topological polar surface area (TPSA) is 33.2 Å². The lowest BCUT2D eigenvalue weighted by molar-refractivity contribution is 0.0996. The van der Waals surface area contributed by atoms with Gasteiger partial charge in [-0.3, -0.25) is 9.78 Å². The van der Waals surface area contributed by atoms with E-state index in [-0.39, 0.29) is 5.91 Å². The van der Waals surface area contributed by atoms with Gasteiger partial charge >= 0.3 is 0 Å². The summed E-state index contributed by atoms with van der Waals surface area (Å²) in [5.41, 5.74) is 3.98. The predicted molar refractivity (Wildman–Crippen MR) is 86.8 cm³/mol. The summed E-state index contributed by atoms with van der Waals surface area (Å²) in [5.74, 6) is 0.0583. The van der Waals surface area contributed by atoms with Gasteiger partial charge in [-0.25, -0.2) is 0 Å². The van der Waals surface area contributed by atoms with E-state index in [2.05, 4.69) is 24.6 Å². The lowest BCUT2D eigenvalue weighted by Crippen LogP contribution is -2.26. The molecular weight excluding hydrogens is 260 g/mol. The molecule has 1 aromatic heterocycles. The Morgan fingerprint density at radius 3 is 2.90 bits per heavy atom. The number of carbonyl (C=O) groups excluding carboxylic acids is 1. The molecule has 3 nitrogen and oxygen atoms in total. The Labute approximate surface area is 125 Å². The van der Waals surface area contributed by atoms with E-state index in [0.717, 1.165) is 28.6 Å². The van der Waals surface area contributed by atoms with Crippen LogP contribution in [0.5, 0.6) is 0 Å². The third kappa shape index (κ3) is 2.23. The lowest BCUT2D eigenvalue weighted by atomic mass is 10.0. The standard InChI is InChI=1S/C18H20N2O/c1-3-5-6-7-13-8-9-14-16-15(10-11-19-17(13)16)20(12-4-2)18(14)21/h4,8-11H,2-3,5-7,12H2,1H3. The van der Waals surface area contributed by atoms with Crippen molar-refractivity contribution in [3.05, 3.63) is 48.2 Å². The van der Waals surface area contributed by atoms with Crippen LogP contribution in [-0.2, 0) is 6.42 Å². The van der Waals surface area contributed by atoms with Crippen molar-refractivity contribution < 1.29 is 4.79 Å². The molecule has 0 unspecified atom stereocenters. The summed E-state index contributed by atoms with van der Waals surface area (Å²) < 4.78 is 0. The SMILES string of the molecule is C=CCN1C(=O)c2ccc(CCCCC)c3nccc1c23. The molecule has 3 heteroatoms. The van der Waals surface area contributed by atoms with E-state index in [9.17, 15) is 4.79 Å². The number of anilines is 1. The quantitative estimate of drug-likeness (QED) is 0.589. The normalized spacial score (nSPS) is 13.2. The van der Waals surface area contributed by atoms with Crippen LogP contribution in [0.25, 0.3) is 10.9 Å². The summed E-state index contributed by atoms with van der Waals surface area (Å²) in [6.07, 6.45) is 8.19. The number of rotatable bonds is 6. The fourth-order valence-corrected chi connectivity index (χ4v) is 3.04. The molecule has 0 aliphatic carbocycles. The van der Waals surface area contributed by atoms with E-state index in [0.29, 0.717) is 6.54 Å². The van der Waals surface area contributed by atoms with Crippen LogP contribution in [0.3, 0.4) is 0 Å². The fourth-order valence-electron chi connectivity index (χ4n) is 3.04. The number of aryl methyl sites for hydroxylation is 1. The summed E-state index contributed by atoms with van der Waals surface area (Å²) >= 11 is 0. The number of hydrogen-bond acceptors (Lipinski definition) is 2. The van der Waals surface area contributed by atoms with Crippen molar-refractivity contribution in [3.63, 3.8) is 0 Å². The van der Waals surface area contributed by atoms with E-state index < -0.39 is 0 Å². The van der Waals surface area contributed by atoms with Crippen LogP contribution < -0.4 is 4.90 Å². The Bertz CT molecular complexity index is 706. The molecule has 2 aromatic rings. The molecule has 1 aliphatic rings. The van der Waals surface area contributed by atoms with Crippen molar-refractivity contribution in [2.24, 2.45) is 0 Å². The first-order chi connectivity index (χ1) is 10.3. The molecule has 108 valence electrons. The summed E-state index contributed by atoms with van der Waals surface area (Å²) in [6, 6.07) is 5.95. The second-order valence-corrected chi connectivity index (χ2v) is 5.49. The molecule has 21 heavy (non-hydrogen) atoms. The van der Waals surface area contributed by atoms with Gasteiger partial charge in [0.1, 0.15) is 0 Å². The maximum absolute atomic E-state index is 12.5. The van der Waals surface area contributed by atoms with E-state index in [1.54, 1.807) is 17.2 Å². The summed E-state index contributed by atoms with van der Waals surface area (Å²) in [5, 5.41) is 1.01. The minimum atomic E-state index is 0.0583. The van der Waals surface area contributed by atoms with Gasteiger partial charge in [0.25, 0.3) is 5.91 Å². The van der Waals surface area contributed by atoms with Crippen LogP contribution in [0.1, 0.15) is 42.1 Å². The number of pyridine rings is 1. The zero-order valence-electron chi connectivity index (χ0n) is 12.4. The first-order valence-corrected chi connectivity index (χ1v) is 7.61. The van der Waals surface area contributed by atoms with Crippen LogP contribution in [0, 0.1) is 0 Å². The number of aromatic nitrogens is 1. The average molecular weight is 280 g/mol. The first kappa shape index (κ1) is 13.8. The van der Waals surface area contributed by atoms with Gasteiger partial charge in [-0.15, -0.1) is 6.58 Å². The number of unbranched alkanes of at least 4 members (excludes halogenated alkanes) is 2. The molecular formula is C18H20N2O. The van der Waals surface area contributed by atoms with E-state index in [1.165, 1.54) is 24.8 Å². The highest BCUT2D eigenvalue weighted by Crippen LogP contribution is 2.37. The molecule has 1 aliphatic heterocycles. The van der Waals surface area contributed by atoms with Crippen molar-refractivity contribution in [2.75, 3.05) is 11.4 Å². The van der Waals surface area contributed by atoms with Gasteiger partial charge in [-0.2, -0.15) is 0 Å². The van der Waals surface area contributed by atoms with Crippen molar-refractivity contribution in [3.8, 4) is 0 Å². The highest BCUT2D eigenvalue weighted by atomic mass is 16.2. The predicted octanol–water partition coefficient (Wildman–Crippen LogP) is 4.11. The minimum Gasteiger partial charge on any atom is -0.304 e. The Morgan fingerprint density at radius 1 is 1.29 bits per heavy atom. The molecule has 0 saturated carbocycles. The lowest BCUT2D eigenvalue weighted by Gasteiger charge is -2.14. The van der Waals surface area contributed by atoms with E-state index in [4.69, 9.17) is 0 Å². The van der Waals surface area contributed by atoms with Crippen LogP contribution in [0.2, 0.25) is 0 Å². The number of hydrogen-bond donors (Lipinski definition) is 0. The molecule has 0 spiro atoms. The second kappa shape index (κ2) is 5.68. The maximum atomic E-state index is 12.5. The summed E-state index contributed by atoms with van der Waals surface area (Å²) in [7, 11) is 0. The van der Waals surface area contributed by atoms with Gasteiger partial charge in [-0.1, -0.05) is 31.9 Å². The molecule has 0 atom stereocenters. The molecule has 0 fully saturated rings. The van der Waals surface area contributed by atoms with Crippen molar-refractivity contribution >= 4 is 22.5 Å². The molecule has 2 heterocycles. The molecule has 0 N–H and O–H groups in total. The first-order valence-electron chi connectivity index (χ1n) is 7.61. The smallest absolute Gasteiger partial charge is 0.259 e. The Kier molecular flexibility index (Phi) is 3.74. The molecule has 0 bridgehead atoms. The van der Waals surface area contributed by atoms with Crippen molar-refractivity contribution in [2.45, 2.75) is 32.6 Å². The summed E-state index contributed by atoms with van der Waals surface area (Å²) in [6.45, 7) is 6.49. The average Bonchev–Trinajstić information content (AvgIpc) is 2.77. The van der Waals surface area contributed by atoms with E-state index >= 15 is 0 Å². The van der Waals surface area contributed by atoms with Gasteiger partial charge in [0.05, 0.1) is 16.8 Å². The molecule has 0 radical (unpaired) electrons. The fraction of sp³-hybridized carbons (Fsp3) is 0.333. The van der Waals surface area contributed by atoms with Crippen LogP contribution in [0.15, 0.2) is 37.1 Å². The summed E-state index contributed by atoms with van der Waals surface area (Å²) in [4.78, 5) is 18.8. The Hall–Kier alpha value is -2.16. The van der Waals surface area contributed by atoms with Crippen LogP contribution >= 0.6 is 0 Å². The molecule has 1 amide bonds. The number of carbonyl (C=O) groups is 1. The van der Waals surface area contributed by atoms with E-state index in [1.807, 2.05) is 12.1 Å². The minimum absolute atomic E-state index is 0.0583. The van der Waals surface area contributed by atoms with Gasteiger partial charge in [0.2, 0.25) is 0 Å². The monoisotopic (exact) mass is 280 g/mol. The number of amides is 1. The molecule has 0 saturated heterocycles. The highest BCUT2D eigenvalue weighted by Gasteiger charge is 2.29. The van der Waals surface area contributed by atoms with Crippen LogP contribution in [-0.4, -0.2) is 17.4 Å². The number of nitrogens with zero attached hydrogens (tertiary/aromatic N) is 2. The third-order valence-corrected chi connectivity index (χ3v) is 4.08. The Morgan fingerprint density at radius 2 is 2.14 bits per heavy atom. The van der Waals surface area contributed by atoms with Gasteiger partial charge in [0.15, 0.2) is 0 Å².